The third-order valence-electron chi connectivity index (χ3n) is 2.50. The maximum absolute atomic E-state index is 11.8. The summed E-state index contributed by atoms with van der Waals surface area (Å²) in [6.45, 7) is 7.96. The van der Waals surface area contributed by atoms with Crippen LogP contribution in [0.25, 0.3) is 0 Å². The van der Waals surface area contributed by atoms with Crippen molar-refractivity contribution in [3.63, 3.8) is 0 Å². The molecule has 1 fully saturated rings. The third-order valence-corrected chi connectivity index (χ3v) is 2.50. The molecule has 4 nitrogen and oxygen atoms in total. The highest BCUT2D eigenvalue weighted by Gasteiger charge is 2.23. The molecule has 2 N–H and O–H groups in total. The molecule has 0 aliphatic carbocycles. The second-order valence-corrected chi connectivity index (χ2v) is 4.60. The first-order valence-electron chi connectivity index (χ1n) is 5.17. The van der Waals surface area contributed by atoms with Crippen molar-refractivity contribution in [1.82, 2.24) is 10.6 Å². The van der Waals surface area contributed by atoms with E-state index in [0.717, 1.165) is 18.7 Å². The summed E-state index contributed by atoms with van der Waals surface area (Å²) in [6, 6.07) is 0. The number of amides is 1. The Morgan fingerprint density at radius 1 is 1.53 bits per heavy atom. The van der Waals surface area contributed by atoms with Gasteiger partial charge in [0.25, 0.3) is 0 Å². The van der Waals surface area contributed by atoms with Gasteiger partial charge in [-0.25, -0.2) is 0 Å². The van der Waals surface area contributed by atoms with Crippen LogP contribution in [0.15, 0.2) is 11.1 Å². The largest absolute Gasteiger partial charge is 0.382 e. The van der Waals surface area contributed by atoms with Crippen LogP contribution in [0.1, 0.15) is 20.8 Å². The Balaban J connectivity index is 2.55. The zero-order chi connectivity index (χ0) is 11.5. The first-order chi connectivity index (χ1) is 6.96. The Hall–Kier alpha value is -0.870. The summed E-state index contributed by atoms with van der Waals surface area (Å²) in [5.74, 6) is 0.00792. The maximum Gasteiger partial charge on any atom is 0.247 e. The fourth-order valence-electron chi connectivity index (χ4n) is 1.47. The summed E-state index contributed by atoms with van der Waals surface area (Å²) < 4.78 is 5.04. The van der Waals surface area contributed by atoms with Gasteiger partial charge in [0, 0.05) is 25.8 Å². The number of rotatable bonds is 4. The lowest BCUT2D eigenvalue weighted by atomic mass is 10.0. The van der Waals surface area contributed by atoms with E-state index >= 15 is 0 Å². The predicted molar refractivity (Wildman–Crippen MR) is 59.7 cm³/mol. The molecule has 1 heterocycles. The standard InChI is InChI=1S/C11H20N2O2/c1-8(9-5-12-6-9)10(14)13-11(2,3)7-15-4/h12H,5-7H2,1-4H3,(H,13,14). The normalized spacial score (nSPS) is 15.9. The van der Waals surface area contributed by atoms with E-state index in [-0.39, 0.29) is 11.4 Å². The van der Waals surface area contributed by atoms with Gasteiger partial charge in [0.15, 0.2) is 0 Å². The van der Waals surface area contributed by atoms with Crippen molar-refractivity contribution in [2.45, 2.75) is 26.3 Å². The van der Waals surface area contributed by atoms with Gasteiger partial charge >= 0.3 is 0 Å². The minimum atomic E-state index is -0.315. The van der Waals surface area contributed by atoms with Gasteiger partial charge in [-0.15, -0.1) is 0 Å². The molecule has 0 aromatic carbocycles. The van der Waals surface area contributed by atoms with Crippen molar-refractivity contribution >= 4 is 5.91 Å². The van der Waals surface area contributed by atoms with E-state index in [9.17, 15) is 4.79 Å². The summed E-state index contributed by atoms with van der Waals surface area (Å²) in [5, 5.41) is 6.08. The Labute approximate surface area is 91.1 Å². The minimum absolute atomic E-state index is 0.00792. The third kappa shape index (κ3) is 3.32. The molecule has 1 aliphatic heterocycles. The highest BCUT2D eigenvalue weighted by molar-refractivity contribution is 5.94. The monoisotopic (exact) mass is 212 g/mol. The molecule has 0 spiro atoms. The van der Waals surface area contributed by atoms with Crippen molar-refractivity contribution in [2.75, 3.05) is 26.8 Å². The molecule has 0 unspecified atom stereocenters. The quantitative estimate of drug-likeness (QED) is 0.665. The van der Waals surface area contributed by atoms with Crippen LogP contribution in [-0.4, -0.2) is 38.3 Å². The molecular formula is C11H20N2O2. The van der Waals surface area contributed by atoms with Crippen LogP contribution in [0.3, 0.4) is 0 Å². The van der Waals surface area contributed by atoms with E-state index in [0.29, 0.717) is 6.61 Å². The molecule has 86 valence electrons. The first-order valence-corrected chi connectivity index (χ1v) is 5.17. The number of carbonyl (C=O) groups is 1. The molecule has 1 amide bonds. The smallest absolute Gasteiger partial charge is 0.247 e. The Morgan fingerprint density at radius 2 is 2.13 bits per heavy atom. The number of ether oxygens (including phenoxy) is 1. The lowest BCUT2D eigenvalue weighted by molar-refractivity contribution is -0.119. The van der Waals surface area contributed by atoms with Crippen LogP contribution in [-0.2, 0) is 9.53 Å². The van der Waals surface area contributed by atoms with E-state index in [1.807, 2.05) is 20.8 Å². The van der Waals surface area contributed by atoms with E-state index in [1.165, 1.54) is 5.57 Å². The van der Waals surface area contributed by atoms with Gasteiger partial charge in [0.05, 0.1) is 12.1 Å². The summed E-state index contributed by atoms with van der Waals surface area (Å²) in [7, 11) is 1.63. The van der Waals surface area contributed by atoms with Gasteiger partial charge in [-0.1, -0.05) is 0 Å². The van der Waals surface area contributed by atoms with Crippen LogP contribution < -0.4 is 10.6 Å². The van der Waals surface area contributed by atoms with E-state index < -0.39 is 0 Å². The molecule has 1 aliphatic rings. The second kappa shape index (κ2) is 4.77. The highest BCUT2D eigenvalue weighted by Crippen LogP contribution is 2.11. The topological polar surface area (TPSA) is 50.4 Å². The van der Waals surface area contributed by atoms with Crippen LogP contribution in [0.2, 0.25) is 0 Å². The van der Waals surface area contributed by atoms with Crippen molar-refractivity contribution in [3.05, 3.63) is 11.1 Å². The lowest BCUT2D eigenvalue weighted by Gasteiger charge is -2.27. The molecule has 0 saturated carbocycles. The van der Waals surface area contributed by atoms with E-state index in [2.05, 4.69) is 10.6 Å². The van der Waals surface area contributed by atoms with Crippen molar-refractivity contribution in [2.24, 2.45) is 0 Å². The fraction of sp³-hybridized carbons (Fsp3) is 0.727. The summed E-state index contributed by atoms with van der Waals surface area (Å²) in [6.07, 6.45) is 0. The van der Waals surface area contributed by atoms with Crippen molar-refractivity contribution < 1.29 is 9.53 Å². The van der Waals surface area contributed by atoms with Gasteiger partial charge in [-0.3, -0.25) is 4.79 Å². The molecule has 0 aromatic rings. The zero-order valence-electron chi connectivity index (χ0n) is 9.94. The molecule has 15 heavy (non-hydrogen) atoms. The van der Waals surface area contributed by atoms with Crippen molar-refractivity contribution in [3.8, 4) is 0 Å². The molecule has 1 rings (SSSR count). The van der Waals surface area contributed by atoms with Gasteiger partial charge in [0.2, 0.25) is 5.91 Å². The zero-order valence-corrected chi connectivity index (χ0v) is 9.94. The predicted octanol–water partition coefficient (Wildman–Crippen LogP) is 0.447. The Bertz CT molecular complexity index is 276. The summed E-state index contributed by atoms with van der Waals surface area (Å²) >= 11 is 0. The minimum Gasteiger partial charge on any atom is -0.382 e. The van der Waals surface area contributed by atoms with Gasteiger partial charge in [-0.2, -0.15) is 0 Å². The number of carbonyl (C=O) groups excluding carboxylic acids is 1. The van der Waals surface area contributed by atoms with Gasteiger partial charge in [-0.05, 0) is 26.3 Å². The lowest BCUT2D eigenvalue weighted by Crippen LogP contribution is -2.48. The fourth-order valence-corrected chi connectivity index (χ4v) is 1.47. The average Bonchev–Trinajstić information content (AvgIpc) is 1.99. The molecule has 0 radical (unpaired) electrons. The van der Waals surface area contributed by atoms with Crippen molar-refractivity contribution in [1.29, 1.82) is 0 Å². The molecule has 0 aromatic heterocycles. The van der Waals surface area contributed by atoms with Crippen LogP contribution in [0, 0.1) is 0 Å². The van der Waals surface area contributed by atoms with E-state index in [4.69, 9.17) is 4.74 Å². The SMILES string of the molecule is COCC(C)(C)NC(=O)C(C)=C1CNC1. The Kier molecular flexibility index (Phi) is 3.88. The Morgan fingerprint density at radius 3 is 2.53 bits per heavy atom. The van der Waals surface area contributed by atoms with Gasteiger partial charge < -0.3 is 15.4 Å². The number of methoxy groups -OCH3 is 1. The van der Waals surface area contributed by atoms with Crippen LogP contribution in [0.5, 0.6) is 0 Å². The average molecular weight is 212 g/mol. The van der Waals surface area contributed by atoms with E-state index in [1.54, 1.807) is 7.11 Å². The molecule has 1 saturated heterocycles. The summed E-state index contributed by atoms with van der Waals surface area (Å²) in [4.78, 5) is 11.8. The van der Waals surface area contributed by atoms with Gasteiger partial charge in [0.1, 0.15) is 0 Å². The first kappa shape index (κ1) is 12.2. The number of hydrogen-bond donors (Lipinski definition) is 2. The molecule has 4 heteroatoms. The van der Waals surface area contributed by atoms with Crippen LogP contribution >= 0.6 is 0 Å². The number of nitrogens with one attached hydrogen (secondary N) is 2. The molecule has 0 bridgehead atoms. The second-order valence-electron chi connectivity index (χ2n) is 4.60. The molecule has 0 atom stereocenters. The molecular weight excluding hydrogens is 192 g/mol. The number of hydrogen-bond acceptors (Lipinski definition) is 3. The summed E-state index contributed by atoms with van der Waals surface area (Å²) in [5.41, 5.74) is 1.71. The maximum atomic E-state index is 11.8. The van der Waals surface area contributed by atoms with Crippen LogP contribution in [0.4, 0.5) is 0 Å². The highest BCUT2D eigenvalue weighted by atomic mass is 16.5.